The highest BCUT2D eigenvalue weighted by Gasteiger charge is 1.93. The molecule has 1 unspecified atom stereocenters. The number of rotatable bonds is 4. The second-order valence-corrected chi connectivity index (χ2v) is 3.19. The third kappa shape index (κ3) is 3.82. The van der Waals surface area contributed by atoms with Crippen LogP contribution in [0.15, 0.2) is 30.3 Å². The zero-order valence-corrected chi connectivity index (χ0v) is 8.08. The molecule has 12 heavy (non-hydrogen) atoms. The highest BCUT2D eigenvalue weighted by atomic mass is 79.9. The second-order valence-electron chi connectivity index (χ2n) is 2.32. The van der Waals surface area contributed by atoms with E-state index in [1.54, 1.807) is 0 Å². The Labute approximate surface area is 79.9 Å². The van der Waals surface area contributed by atoms with Gasteiger partial charge in [0.25, 0.3) is 0 Å². The van der Waals surface area contributed by atoms with E-state index in [-0.39, 0.29) is 0 Å². The maximum Gasteiger partial charge on any atom is 0.174 e. The molecule has 0 aliphatic heterocycles. The number of nitrogens with one attached hydrogen (secondary N) is 2. The van der Waals surface area contributed by atoms with Gasteiger partial charge in [0, 0.05) is 6.54 Å². The predicted octanol–water partition coefficient (Wildman–Crippen LogP) is 0.952. The fourth-order valence-electron chi connectivity index (χ4n) is 0.833. The SMILES string of the molecule is OC(Br)NNCc1ccccc1. The summed E-state index contributed by atoms with van der Waals surface area (Å²) in [7, 11) is 0. The minimum absolute atomic E-state index is 0.684. The highest BCUT2D eigenvalue weighted by molar-refractivity contribution is 9.09. The van der Waals surface area contributed by atoms with Crippen molar-refractivity contribution in [2.75, 3.05) is 0 Å². The molecule has 1 atom stereocenters. The topological polar surface area (TPSA) is 44.3 Å². The lowest BCUT2D eigenvalue weighted by Gasteiger charge is -2.07. The van der Waals surface area contributed by atoms with E-state index in [0.29, 0.717) is 6.54 Å². The molecule has 0 aromatic heterocycles. The Bertz CT molecular complexity index is 216. The van der Waals surface area contributed by atoms with Gasteiger partial charge in [-0.25, -0.2) is 5.43 Å². The monoisotopic (exact) mass is 230 g/mol. The first kappa shape index (κ1) is 9.67. The predicted molar refractivity (Wildman–Crippen MR) is 51.4 cm³/mol. The molecule has 1 rings (SSSR count). The smallest absolute Gasteiger partial charge is 0.174 e. The van der Waals surface area contributed by atoms with Crippen molar-refractivity contribution in [3.8, 4) is 0 Å². The summed E-state index contributed by atoms with van der Waals surface area (Å²) in [5.41, 5.74) is 6.64. The van der Waals surface area contributed by atoms with Crippen LogP contribution in [0.25, 0.3) is 0 Å². The third-order valence-electron chi connectivity index (χ3n) is 1.36. The number of aliphatic hydroxyl groups is 1. The van der Waals surface area contributed by atoms with Crippen molar-refractivity contribution < 1.29 is 5.11 Å². The van der Waals surface area contributed by atoms with Crippen LogP contribution in [-0.4, -0.2) is 10.2 Å². The van der Waals surface area contributed by atoms with Crippen molar-refractivity contribution in [1.29, 1.82) is 0 Å². The second kappa shape index (κ2) is 5.27. The molecular formula is C8H11BrN2O. The molecule has 0 aliphatic rings. The van der Waals surface area contributed by atoms with Gasteiger partial charge in [-0.05, 0) is 21.5 Å². The van der Waals surface area contributed by atoms with Gasteiger partial charge in [-0.1, -0.05) is 30.3 Å². The fraction of sp³-hybridized carbons (Fsp3) is 0.250. The summed E-state index contributed by atoms with van der Waals surface area (Å²) in [4.78, 5) is 0. The first-order valence-electron chi connectivity index (χ1n) is 3.63. The number of aliphatic hydroxyl groups excluding tert-OH is 1. The molecule has 0 heterocycles. The van der Waals surface area contributed by atoms with E-state index in [4.69, 9.17) is 5.11 Å². The minimum atomic E-state index is -0.707. The first-order chi connectivity index (χ1) is 5.79. The van der Waals surface area contributed by atoms with Gasteiger partial charge in [0.15, 0.2) is 5.14 Å². The molecule has 0 saturated heterocycles. The summed E-state index contributed by atoms with van der Waals surface area (Å²) in [5.74, 6) is 0. The van der Waals surface area contributed by atoms with Crippen LogP contribution in [0.1, 0.15) is 5.56 Å². The van der Waals surface area contributed by atoms with Crippen LogP contribution >= 0.6 is 15.9 Å². The van der Waals surface area contributed by atoms with Gasteiger partial charge in [-0.2, -0.15) is 0 Å². The highest BCUT2D eigenvalue weighted by Crippen LogP contribution is 1.96. The van der Waals surface area contributed by atoms with E-state index in [1.807, 2.05) is 30.3 Å². The molecule has 66 valence electrons. The van der Waals surface area contributed by atoms with Crippen LogP contribution in [-0.2, 0) is 6.54 Å². The van der Waals surface area contributed by atoms with Crippen molar-refractivity contribution in [2.45, 2.75) is 11.7 Å². The van der Waals surface area contributed by atoms with E-state index < -0.39 is 5.14 Å². The average Bonchev–Trinajstić information content (AvgIpc) is 2.05. The molecule has 1 aromatic carbocycles. The lowest BCUT2D eigenvalue weighted by atomic mass is 10.2. The molecule has 3 nitrogen and oxygen atoms in total. The van der Waals surface area contributed by atoms with E-state index >= 15 is 0 Å². The quantitative estimate of drug-likeness (QED) is 0.313. The maximum atomic E-state index is 8.77. The molecule has 4 heteroatoms. The standard InChI is InChI=1S/C8H11BrN2O/c9-8(12)11-10-6-7-4-2-1-3-5-7/h1-5,8,10-12H,6H2. The van der Waals surface area contributed by atoms with Crippen molar-refractivity contribution in [2.24, 2.45) is 0 Å². The molecular weight excluding hydrogens is 220 g/mol. The normalized spacial score (nSPS) is 12.8. The molecule has 0 saturated carbocycles. The summed E-state index contributed by atoms with van der Waals surface area (Å²) in [6, 6.07) is 9.93. The van der Waals surface area contributed by atoms with Crippen molar-refractivity contribution in [1.82, 2.24) is 10.9 Å². The Balaban J connectivity index is 2.25. The lowest BCUT2D eigenvalue weighted by Crippen LogP contribution is -2.36. The van der Waals surface area contributed by atoms with E-state index in [1.165, 1.54) is 0 Å². The van der Waals surface area contributed by atoms with E-state index in [9.17, 15) is 0 Å². The number of hydrazine groups is 1. The van der Waals surface area contributed by atoms with Gasteiger partial charge >= 0.3 is 0 Å². The Kier molecular flexibility index (Phi) is 4.24. The fourth-order valence-corrected chi connectivity index (χ4v) is 0.995. The Morgan fingerprint density at radius 2 is 2.00 bits per heavy atom. The number of hydrogen-bond acceptors (Lipinski definition) is 3. The minimum Gasteiger partial charge on any atom is -0.368 e. The molecule has 0 spiro atoms. The van der Waals surface area contributed by atoms with E-state index in [2.05, 4.69) is 26.8 Å². The van der Waals surface area contributed by atoms with Gasteiger partial charge in [0.2, 0.25) is 0 Å². The molecule has 0 aliphatic carbocycles. The van der Waals surface area contributed by atoms with Crippen molar-refractivity contribution >= 4 is 15.9 Å². The number of halogens is 1. The Hall–Kier alpha value is -0.420. The molecule has 0 fully saturated rings. The van der Waals surface area contributed by atoms with Crippen molar-refractivity contribution in [3.63, 3.8) is 0 Å². The van der Waals surface area contributed by atoms with Gasteiger partial charge in [0.05, 0.1) is 0 Å². The molecule has 0 amide bonds. The molecule has 3 N–H and O–H groups in total. The number of hydrogen-bond donors (Lipinski definition) is 3. The number of benzene rings is 1. The van der Waals surface area contributed by atoms with Gasteiger partial charge in [0.1, 0.15) is 0 Å². The van der Waals surface area contributed by atoms with Gasteiger partial charge in [-0.3, -0.25) is 5.43 Å². The summed E-state index contributed by atoms with van der Waals surface area (Å²) in [5, 5.41) is 8.07. The van der Waals surface area contributed by atoms with Crippen LogP contribution in [0.2, 0.25) is 0 Å². The summed E-state index contributed by atoms with van der Waals surface area (Å²) in [6.45, 7) is 0.684. The van der Waals surface area contributed by atoms with Crippen LogP contribution in [0, 0.1) is 0 Å². The van der Waals surface area contributed by atoms with Crippen molar-refractivity contribution in [3.05, 3.63) is 35.9 Å². The first-order valence-corrected chi connectivity index (χ1v) is 4.55. The Morgan fingerprint density at radius 3 is 2.58 bits per heavy atom. The number of alkyl halides is 1. The van der Waals surface area contributed by atoms with E-state index in [0.717, 1.165) is 5.56 Å². The Morgan fingerprint density at radius 1 is 1.33 bits per heavy atom. The molecule has 1 aromatic rings. The van der Waals surface area contributed by atoms with Crippen LogP contribution in [0.4, 0.5) is 0 Å². The lowest BCUT2D eigenvalue weighted by molar-refractivity contribution is 0.208. The molecule has 0 bridgehead atoms. The van der Waals surface area contributed by atoms with Gasteiger partial charge in [-0.15, -0.1) is 0 Å². The van der Waals surface area contributed by atoms with Gasteiger partial charge < -0.3 is 5.11 Å². The maximum absolute atomic E-state index is 8.77. The third-order valence-corrected chi connectivity index (χ3v) is 1.59. The summed E-state index contributed by atoms with van der Waals surface area (Å²) < 4.78 is 0. The van der Waals surface area contributed by atoms with Crippen LogP contribution < -0.4 is 10.9 Å². The largest absolute Gasteiger partial charge is 0.368 e. The zero-order valence-electron chi connectivity index (χ0n) is 6.50. The average molecular weight is 231 g/mol. The summed E-state index contributed by atoms with van der Waals surface area (Å²) in [6.07, 6.45) is 0. The zero-order chi connectivity index (χ0) is 8.81. The van der Waals surface area contributed by atoms with Crippen LogP contribution in [0.3, 0.4) is 0 Å². The van der Waals surface area contributed by atoms with Crippen LogP contribution in [0.5, 0.6) is 0 Å². The molecule has 0 radical (unpaired) electrons. The summed E-state index contributed by atoms with van der Waals surface area (Å²) >= 11 is 2.93.